The quantitative estimate of drug-likeness (QED) is 0.563. The van der Waals surface area contributed by atoms with E-state index in [1.165, 1.54) is 11.3 Å². The smallest absolute Gasteiger partial charge is 0.240 e. The third kappa shape index (κ3) is 3.45. The Bertz CT molecular complexity index is 1100. The third-order valence-corrected chi connectivity index (χ3v) is 5.15. The molecule has 0 saturated heterocycles. The van der Waals surface area contributed by atoms with Crippen molar-refractivity contribution in [3.63, 3.8) is 0 Å². The molecule has 0 fully saturated rings. The number of rotatable bonds is 5. The number of fused-ring (bicyclic) bond motifs is 1. The first-order valence-corrected chi connectivity index (χ1v) is 9.30. The van der Waals surface area contributed by atoms with Gasteiger partial charge in [0.1, 0.15) is 10.8 Å². The van der Waals surface area contributed by atoms with E-state index in [9.17, 15) is 0 Å². The molecule has 4 aromatic heterocycles. The maximum atomic E-state index is 5.35. The molecule has 0 bridgehead atoms. The molecule has 8 nitrogen and oxygen atoms in total. The van der Waals surface area contributed by atoms with Crippen LogP contribution < -0.4 is 10.1 Å². The maximum Gasteiger partial charge on any atom is 0.240 e. The van der Waals surface area contributed by atoms with Crippen LogP contribution in [0.5, 0.6) is 5.88 Å². The van der Waals surface area contributed by atoms with Gasteiger partial charge in [-0.25, -0.2) is 4.98 Å². The van der Waals surface area contributed by atoms with Gasteiger partial charge in [0, 0.05) is 30.9 Å². The summed E-state index contributed by atoms with van der Waals surface area (Å²) >= 11 is 1.53. The molecule has 0 atom stereocenters. The fourth-order valence-electron chi connectivity index (χ4n) is 2.67. The number of hydrogen-bond acceptors (Lipinski definition) is 8. The van der Waals surface area contributed by atoms with E-state index in [2.05, 4.69) is 44.4 Å². The van der Waals surface area contributed by atoms with Crippen molar-refractivity contribution in [2.24, 2.45) is 7.05 Å². The second kappa shape index (κ2) is 6.92. The lowest BCUT2D eigenvalue weighted by Crippen LogP contribution is -1.94. The molecular weight excluding hydrogens is 362 g/mol. The van der Waals surface area contributed by atoms with Gasteiger partial charge in [0.25, 0.3) is 0 Å². The molecular formula is C18H19N7OS. The van der Waals surface area contributed by atoms with Crippen LogP contribution in [0.1, 0.15) is 24.8 Å². The van der Waals surface area contributed by atoms with E-state index < -0.39 is 0 Å². The van der Waals surface area contributed by atoms with Crippen LogP contribution in [0.2, 0.25) is 0 Å². The Morgan fingerprint density at radius 1 is 1.19 bits per heavy atom. The molecule has 0 aliphatic carbocycles. The standard InChI is InChI=1S/C18H19N7OS/c1-10(2)17-22-23-18(27-17)21-15-6-5-13-14(20-15)7-11(8-19-13)12-9-25(3)24-16(12)26-4/h5-10H,1-4H3,(H,20,21,23). The topological polar surface area (TPSA) is 90.6 Å². The number of aromatic nitrogens is 6. The third-order valence-electron chi connectivity index (χ3n) is 4.01. The van der Waals surface area contributed by atoms with Crippen molar-refractivity contribution in [3.05, 3.63) is 35.6 Å². The van der Waals surface area contributed by atoms with Crippen molar-refractivity contribution in [2.75, 3.05) is 12.4 Å². The number of aryl methyl sites for hydroxylation is 1. The molecule has 4 heterocycles. The molecule has 0 aromatic carbocycles. The van der Waals surface area contributed by atoms with Gasteiger partial charge in [0.15, 0.2) is 0 Å². The predicted molar refractivity (Wildman–Crippen MR) is 106 cm³/mol. The number of anilines is 2. The summed E-state index contributed by atoms with van der Waals surface area (Å²) in [5, 5.41) is 17.6. The maximum absolute atomic E-state index is 5.35. The zero-order chi connectivity index (χ0) is 19.0. The lowest BCUT2D eigenvalue weighted by Gasteiger charge is -2.05. The van der Waals surface area contributed by atoms with Gasteiger partial charge in [-0.05, 0) is 18.2 Å². The Kier molecular flexibility index (Phi) is 4.44. The van der Waals surface area contributed by atoms with Crippen molar-refractivity contribution in [3.8, 4) is 17.0 Å². The van der Waals surface area contributed by atoms with Crippen molar-refractivity contribution in [2.45, 2.75) is 19.8 Å². The van der Waals surface area contributed by atoms with Gasteiger partial charge in [-0.3, -0.25) is 9.67 Å². The van der Waals surface area contributed by atoms with Crippen LogP contribution in [-0.4, -0.2) is 37.1 Å². The van der Waals surface area contributed by atoms with Crippen molar-refractivity contribution in [1.82, 2.24) is 29.9 Å². The molecule has 0 amide bonds. The van der Waals surface area contributed by atoms with Crippen LogP contribution in [0, 0.1) is 0 Å². The SMILES string of the molecule is COc1nn(C)cc1-c1cnc2ccc(Nc3nnc(C(C)C)s3)nc2c1. The fourth-order valence-corrected chi connectivity index (χ4v) is 3.42. The number of nitrogens with one attached hydrogen (secondary N) is 1. The molecule has 0 saturated carbocycles. The van der Waals surface area contributed by atoms with Crippen LogP contribution in [0.4, 0.5) is 10.9 Å². The Hall–Kier alpha value is -3.07. The molecule has 138 valence electrons. The van der Waals surface area contributed by atoms with E-state index >= 15 is 0 Å². The molecule has 9 heteroatoms. The van der Waals surface area contributed by atoms with Gasteiger partial charge in [-0.15, -0.1) is 15.3 Å². The Labute approximate surface area is 160 Å². The van der Waals surface area contributed by atoms with Crippen LogP contribution >= 0.6 is 11.3 Å². The van der Waals surface area contributed by atoms with Crippen molar-refractivity contribution in [1.29, 1.82) is 0 Å². The van der Waals surface area contributed by atoms with Crippen molar-refractivity contribution < 1.29 is 4.74 Å². The number of pyridine rings is 2. The van der Waals surface area contributed by atoms with Crippen LogP contribution in [0.3, 0.4) is 0 Å². The summed E-state index contributed by atoms with van der Waals surface area (Å²) in [6.45, 7) is 4.19. The molecule has 0 spiro atoms. The highest BCUT2D eigenvalue weighted by molar-refractivity contribution is 7.15. The van der Waals surface area contributed by atoms with Gasteiger partial charge in [-0.1, -0.05) is 25.2 Å². The summed E-state index contributed by atoms with van der Waals surface area (Å²) in [6.07, 6.45) is 3.70. The first kappa shape index (κ1) is 17.3. The normalized spacial score (nSPS) is 11.3. The summed E-state index contributed by atoms with van der Waals surface area (Å²) < 4.78 is 7.06. The average molecular weight is 381 g/mol. The summed E-state index contributed by atoms with van der Waals surface area (Å²) in [7, 11) is 3.46. The zero-order valence-electron chi connectivity index (χ0n) is 15.5. The minimum atomic E-state index is 0.351. The summed E-state index contributed by atoms with van der Waals surface area (Å²) in [6, 6.07) is 5.79. The molecule has 4 rings (SSSR count). The first-order valence-electron chi connectivity index (χ1n) is 8.48. The number of ether oxygens (including phenoxy) is 1. The average Bonchev–Trinajstić information content (AvgIpc) is 3.27. The molecule has 0 radical (unpaired) electrons. The minimum Gasteiger partial charge on any atom is -0.479 e. The predicted octanol–water partition coefficient (Wildman–Crippen LogP) is 3.76. The van der Waals surface area contributed by atoms with Crippen molar-refractivity contribution >= 4 is 33.3 Å². The van der Waals surface area contributed by atoms with Crippen LogP contribution in [0.25, 0.3) is 22.2 Å². The lowest BCUT2D eigenvalue weighted by atomic mass is 10.1. The highest BCUT2D eigenvalue weighted by Crippen LogP contribution is 2.30. The van der Waals surface area contributed by atoms with E-state index in [-0.39, 0.29) is 0 Å². The largest absolute Gasteiger partial charge is 0.479 e. The first-order chi connectivity index (χ1) is 13.0. The molecule has 4 aromatic rings. The highest BCUT2D eigenvalue weighted by atomic mass is 32.1. The second-order valence-corrected chi connectivity index (χ2v) is 7.42. The van der Waals surface area contributed by atoms with E-state index in [0.29, 0.717) is 17.6 Å². The summed E-state index contributed by atoms with van der Waals surface area (Å²) in [4.78, 5) is 9.18. The number of methoxy groups -OCH3 is 1. The molecule has 0 unspecified atom stereocenters. The Balaban J connectivity index is 1.68. The fraction of sp³-hybridized carbons (Fsp3) is 0.278. The van der Waals surface area contributed by atoms with E-state index in [0.717, 1.165) is 32.3 Å². The summed E-state index contributed by atoms with van der Waals surface area (Å²) in [5.41, 5.74) is 3.36. The second-order valence-electron chi connectivity index (χ2n) is 6.41. The number of hydrogen-bond donors (Lipinski definition) is 1. The van der Waals surface area contributed by atoms with Gasteiger partial charge < -0.3 is 10.1 Å². The van der Waals surface area contributed by atoms with Crippen LogP contribution in [-0.2, 0) is 7.05 Å². The zero-order valence-corrected chi connectivity index (χ0v) is 16.3. The van der Waals surface area contributed by atoms with Gasteiger partial charge in [-0.2, -0.15) is 0 Å². The monoisotopic (exact) mass is 381 g/mol. The molecule has 0 aliphatic rings. The van der Waals surface area contributed by atoms with Gasteiger partial charge in [0.05, 0.1) is 23.7 Å². The highest BCUT2D eigenvalue weighted by Gasteiger charge is 2.13. The van der Waals surface area contributed by atoms with Crippen LogP contribution in [0.15, 0.2) is 30.6 Å². The van der Waals surface area contributed by atoms with E-state index in [4.69, 9.17) is 4.74 Å². The lowest BCUT2D eigenvalue weighted by molar-refractivity contribution is 0.393. The minimum absolute atomic E-state index is 0.351. The van der Waals surface area contributed by atoms with Gasteiger partial charge >= 0.3 is 0 Å². The van der Waals surface area contributed by atoms with Gasteiger partial charge in [0.2, 0.25) is 11.0 Å². The summed E-state index contributed by atoms with van der Waals surface area (Å²) in [5.74, 6) is 1.61. The Morgan fingerprint density at radius 2 is 2.04 bits per heavy atom. The number of nitrogens with zero attached hydrogens (tertiary/aromatic N) is 6. The molecule has 27 heavy (non-hydrogen) atoms. The molecule has 1 N–H and O–H groups in total. The Morgan fingerprint density at radius 3 is 2.78 bits per heavy atom. The van der Waals surface area contributed by atoms with E-state index in [1.54, 1.807) is 18.0 Å². The van der Waals surface area contributed by atoms with E-state index in [1.807, 2.05) is 31.4 Å². The molecule has 0 aliphatic heterocycles.